The third kappa shape index (κ3) is 5.05. The highest BCUT2D eigenvalue weighted by atomic mass is 35.5. The summed E-state index contributed by atoms with van der Waals surface area (Å²) in [5.74, 6) is 0.743. The maximum Gasteiger partial charge on any atom is 0.260 e. The van der Waals surface area contributed by atoms with Crippen molar-refractivity contribution >= 4 is 46.1 Å². The van der Waals surface area contributed by atoms with E-state index in [1.807, 2.05) is 0 Å². The molecule has 1 amide bonds. The number of H-pyrrole nitrogens is 1. The number of ether oxygens (including phenoxy) is 3. The second-order valence-corrected chi connectivity index (χ2v) is 9.04. The van der Waals surface area contributed by atoms with Gasteiger partial charge >= 0.3 is 0 Å². The van der Waals surface area contributed by atoms with Gasteiger partial charge in [-0.1, -0.05) is 29.3 Å². The number of amides is 1. The number of carbonyl (C=O) groups excluding carboxylic acids is 1. The first-order valence-electron chi connectivity index (χ1n) is 11.5. The number of methoxy groups -OCH3 is 2. The van der Waals surface area contributed by atoms with Gasteiger partial charge in [0.1, 0.15) is 17.0 Å². The average molecular weight is 543 g/mol. The molecule has 0 aliphatic carbocycles. The summed E-state index contributed by atoms with van der Waals surface area (Å²) in [5.41, 5.74) is 3.02. The summed E-state index contributed by atoms with van der Waals surface area (Å²) in [6, 6.07) is 4.99. The van der Waals surface area contributed by atoms with Crippen LogP contribution in [0.2, 0.25) is 10.0 Å². The summed E-state index contributed by atoms with van der Waals surface area (Å²) in [7, 11) is 3.01. The van der Waals surface area contributed by atoms with Crippen LogP contribution in [0.5, 0.6) is 11.5 Å². The summed E-state index contributed by atoms with van der Waals surface area (Å²) >= 11 is 13.3. The molecule has 5 rings (SSSR count). The van der Waals surface area contributed by atoms with Crippen LogP contribution in [0.3, 0.4) is 0 Å². The molecule has 0 spiro atoms. The van der Waals surface area contributed by atoms with Crippen molar-refractivity contribution in [2.45, 2.75) is 6.54 Å². The third-order valence-corrected chi connectivity index (χ3v) is 6.82. The van der Waals surface area contributed by atoms with E-state index < -0.39 is 0 Å². The lowest BCUT2D eigenvalue weighted by molar-refractivity contribution is 0.0337. The molecule has 1 saturated heterocycles. The molecule has 2 aromatic carbocycles. The number of morpholine rings is 1. The summed E-state index contributed by atoms with van der Waals surface area (Å²) in [4.78, 5) is 32.0. The van der Waals surface area contributed by atoms with Crippen molar-refractivity contribution in [3.05, 3.63) is 58.1 Å². The van der Waals surface area contributed by atoms with Crippen LogP contribution < -0.4 is 14.8 Å². The lowest BCUT2D eigenvalue weighted by atomic mass is 9.99. The molecule has 3 heterocycles. The van der Waals surface area contributed by atoms with Crippen LogP contribution in [0.15, 0.2) is 36.8 Å². The molecule has 12 heteroatoms. The van der Waals surface area contributed by atoms with Crippen LogP contribution in [0, 0.1) is 0 Å². The maximum absolute atomic E-state index is 13.3. The van der Waals surface area contributed by atoms with E-state index in [-0.39, 0.29) is 5.91 Å². The van der Waals surface area contributed by atoms with Crippen molar-refractivity contribution < 1.29 is 19.0 Å². The zero-order chi connectivity index (χ0) is 25.9. The van der Waals surface area contributed by atoms with Gasteiger partial charge < -0.3 is 19.2 Å². The first-order valence-corrected chi connectivity index (χ1v) is 12.3. The third-order valence-electron chi connectivity index (χ3n) is 6.06. The molecule has 2 aromatic heterocycles. The zero-order valence-corrected chi connectivity index (χ0v) is 21.7. The number of rotatable bonds is 7. The first kappa shape index (κ1) is 25.2. The molecular formula is C25H24Cl2N6O4. The van der Waals surface area contributed by atoms with Gasteiger partial charge in [-0.2, -0.15) is 0 Å². The molecule has 1 fully saturated rings. The van der Waals surface area contributed by atoms with Crippen molar-refractivity contribution in [2.24, 2.45) is 0 Å². The molecule has 0 saturated carbocycles. The summed E-state index contributed by atoms with van der Waals surface area (Å²) in [6.45, 7) is 3.77. The van der Waals surface area contributed by atoms with Gasteiger partial charge in [0, 0.05) is 55.4 Å². The Hall–Kier alpha value is -3.44. The smallest absolute Gasteiger partial charge is 0.260 e. The molecular weight excluding hydrogens is 519 g/mol. The van der Waals surface area contributed by atoms with Gasteiger partial charge in [0.15, 0.2) is 0 Å². The predicted molar refractivity (Wildman–Crippen MR) is 141 cm³/mol. The number of halogens is 2. The molecule has 1 aliphatic heterocycles. The standard InChI is InChI=1S/C25H24Cl2N6O4/c1-35-17-11-18(36-2)21(27)19(20(17)26)15-3-4-16(23-22(15)28-5-6-29-23)24(34)32-25-30-12-14(31-25)13-33-7-9-37-10-8-33/h3-6,11-12H,7-10,13H2,1-2H3,(H2,30,31,32,34). The van der Waals surface area contributed by atoms with E-state index in [1.165, 1.54) is 26.6 Å². The number of anilines is 1. The van der Waals surface area contributed by atoms with Crippen LogP contribution in [0.4, 0.5) is 5.95 Å². The minimum atomic E-state index is -0.385. The number of nitrogens with zero attached hydrogens (tertiary/aromatic N) is 4. The van der Waals surface area contributed by atoms with Gasteiger partial charge in [0.05, 0.1) is 54.3 Å². The van der Waals surface area contributed by atoms with Crippen molar-refractivity contribution in [3.8, 4) is 22.6 Å². The van der Waals surface area contributed by atoms with Gasteiger partial charge in [-0.3, -0.25) is 25.0 Å². The van der Waals surface area contributed by atoms with Gasteiger partial charge in [-0.15, -0.1) is 0 Å². The Morgan fingerprint density at radius 3 is 2.43 bits per heavy atom. The monoisotopic (exact) mass is 542 g/mol. The minimum Gasteiger partial charge on any atom is -0.495 e. The Balaban J connectivity index is 1.47. The zero-order valence-electron chi connectivity index (χ0n) is 20.2. The largest absolute Gasteiger partial charge is 0.495 e. The normalized spacial score (nSPS) is 14.1. The molecule has 0 atom stereocenters. The van der Waals surface area contributed by atoms with Gasteiger partial charge in [-0.05, 0) is 6.07 Å². The Morgan fingerprint density at radius 1 is 1.08 bits per heavy atom. The molecule has 0 radical (unpaired) electrons. The molecule has 10 nitrogen and oxygen atoms in total. The van der Waals surface area contributed by atoms with Crippen LogP contribution >= 0.6 is 23.2 Å². The molecule has 1 aliphatic rings. The van der Waals surface area contributed by atoms with E-state index >= 15 is 0 Å². The van der Waals surface area contributed by atoms with Gasteiger partial charge in [-0.25, -0.2) is 4.98 Å². The number of fused-ring (bicyclic) bond motifs is 1. The second-order valence-electron chi connectivity index (χ2n) is 8.28. The molecule has 192 valence electrons. The number of nitrogens with one attached hydrogen (secondary N) is 2. The van der Waals surface area contributed by atoms with Crippen LogP contribution in [0.1, 0.15) is 16.1 Å². The second kappa shape index (κ2) is 10.9. The van der Waals surface area contributed by atoms with E-state index in [2.05, 4.69) is 30.2 Å². The fourth-order valence-electron chi connectivity index (χ4n) is 4.23. The van der Waals surface area contributed by atoms with Crippen LogP contribution in [-0.2, 0) is 11.3 Å². The number of aromatic amines is 1. The number of hydrogen-bond donors (Lipinski definition) is 2. The van der Waals surface area contributed by atoms with Crippen LogP contribution in [-0.4, -0.2) is 71.3 Å². The summed E-state index contributed by atoms with van der Waals surface area (Å²) in [6.07, 6.45) is 4.84. The van der Waals surface area contributed by atoms with Crippen molar-refractivity contribution in [1.29, 1.82) is 0 Å². The fraction of sp³-hybridized carbons (Fsp3) is 0.280. The highest BCUT2D eigenvalue weighted by Gasteiger charge is 2.23. The molecule has 4 aromatic rings. The summed E-state index contributed by atoms with van der Waals surface area (Å²) < 4.78 is 16.2. The number of hydrogen-bond acceptors (Lipinski definition) is 8. The molecule has 0 bridgehead atoms. The van der Waals surface area contributed by atoms with Crippen LogP contribution in [0.25, 0.3) is 22.2 Å². The predicted octanol–water partition coefficient (Wildman–Crippen LogP) is 4.43. The Labute approximate surface area is 222 Å². The molecule has 2 N–H and O–H groups in total. The van der Waals surface area contributed by atoms with Crippen molar-refractivity contribution in [1.82, 2.24) is 24.8 Å². The Kier molecular flexibility index (Phi) is 7.43. The average Bonchev–Trinajstić information content (AvgIpc) is 3.35. The van der Waals surface area contributed by atoms with Crippen molar-refractivity contribution in [2.75, 3.05) is 45.8 Å². The lowest BCUT2D eigenvalue weighted by Crippen LogP contribution is -2.35. The SMILES string of the molecule is COc1cc(OC)c(Cl)c(-c2ccc(C(=O)Nc3nc(CN4CCOCC4)c[nH]3)c3nccnc23)c1Cl. The van der Waals surface area contributed by atoms with Gasteiger partial charge in [0.2, 0.25) is 5.95 Å². The minimum absolute atomic E-state index is 0.292. The Bertz CT molecular complexity index is 1430. The van der Waals surface area contributed by atoms with Gasteiger partial charge in [0.25, 0.3) is 5.91 Å². The molecule has 0 unspecified atom stereocenters. The number of benzene rings is 2. The van der Waals surface area contributed by atoms with E-state index in [0.717, 1.165) is 18.8 Å². The highest BCUT2D eigenvalue weighted by molar-refractivity contribution is 6.41. The topological polar surface area (TPSA) is 114 Å². The highest BCUT2D eigenvalue weighted by Crippen LogP contribution is 2.47. The lowest BCUT2D eigenvalue weighted by Gasteiger charge is -2.25. The quantitative estimate of drug-likeness (QED) is 0.352. The van der Waals surface area contributed by atoms with E-state index in [0.29, 0.717) is 75.0 Å². The van der Waals surface area contributed by atoms with E-state index in [9.17, 15) is 4.79 Å². The molecule has 37 heavy (non-hydrogen) atoms. The van der Waals surface area contributed by atoms with E-state index in [1.54, 1.807) is 24.4 Å². The summed E-state index contributed by atoms with van der Waals surface area (Å²) in [5, 5.41) is 3.40. The number of aromatic nitrogens is 4. The fourth-order valence-corrected chi connectivity index (χ4v) is 4.94. The number of imidazole rings is 1. The first-order chi connectivity index (χ1) is 18.0. The van der Waals surface area contributed by atoms with E-state index in [4.69, 9.17) is 37.4 Å². The Morgan fingerprint density at radius 2 is 1.76 bits per heavy atom. The maximum atomic E-state index is 13.3. The number of carbonyl (C=O) groups is 1. The van der Waals surface area contributed by atoms with Crippen molar-refractivity contribution in [3.63, 3.8) is 0 Å².